The largest absolute Gasteiger partial charge is 0.300 e. The van der Waals surface area contributed by atoms with Gasteiger partial charge in [-0.25, -0.2) is 4.39 Å². The maximum absolute atomic E-state index is 12.6. The van der Waals surface area contributed by atoms with Gasteiger partial charge in [0, 0.05) is 12.6 Å². The average Bonchev–Trinajstić information content (AvgIpc) is 2.30. The molecule has 0 aromatic heterocycles. The molecule has 0 N–H and O–H groups in total. The molecule has 1 aliphatic rings. The van der Waals surface area contributed by atoms with Gasteiger partial charge in [0.25, 0.3) is 0 Å². The Morgan fingerprint density at radius 1 is 1.50 bits per heavy atom. The van der Waals surface area contributed by atoms with E-state index < -0.39 is 6.17 Å². The van der Waals surface area contributed by atoms with Crippen molar-refractivity contribution in [2.75, 3.05) is 13.1 Å². The Morgan fingerprint density at radius 2 is 2.17 bits per heavy atom. The van der Waals surface area contributed by atoms with Gasteiger partial charge >= 0.3 is 0 Å². The topological polar surface area (TPSA) is 3.24 Å². The molecule has 1 nitrogen and oxygen atoms in total. The van der Waals surface area contributed by atoms with E-state index in [-0.39, 0.29) is 0 Å². The van der Waals surface area contributed by atoms with E-state index in [4.69, 9.17) is 0 Å². The van der Waals surface area contributed by atoms with Gasteiger partial charge in [-0.15, -0.1) is 0 Å². The molecule has 0 bridgehead atoms. The van der Waals surface area contributed by atoms with Crippen LogP contribution >= 0.6 is 0 Å². The number of halogens is 1. The number of hydrogen-bond acceptors (Lipinski definition) is 1. The molecule has 3 atom stereocenters. The van der Waals surface area contributed by atoms with Gasteiger partial charge in [-0.05, 0) is 39.2 Å². The molecule has 0 radical (unpaired) electrons. The summed E-state index contributed by atoms with van der Waals surface area (Å²) in [6.45, 7) is 8.27. The number of nitrogens with zero attached hydrogens (tertiary/aromatic N) is 1. The Bertz CT molecular complexity index is 136. The Labute approximate surface area is 74.9 Å². The molecule has 1 fully saturated rings. The fraction of sp³-hybridized carbons (Fsp3) is 1.00. The number of likely N-dealkylation sites (tertiary alicyclic amines) is 1. The van der Waals surface area contributed by atoms with Crippen LogP contribution in [0.25, 0.3) is 0 Å². The fourth-order valence-corrected chi connectivity index (χ4v) is 1.83. The summed E-state index contributed by atoms with van der Waals surface area (Å²) in [7, 11) is 0. The van der Waals surface area contributed by atoms with Crippen molar-refractivity contribution in [1.29, 1.82) is 0 Å². The van der Waals surface area contributed by atoms with Crippen LogP contribution in [0.2, 0.25) is 0 Å². The molecule has 2 heteroatoms. The van der Waals surface area contributed by atoms with Crippen molar-refractivity contribution >= 4 is 0 Å². The van der Waals surface area contributed by atoms with Crippen LogP contribution in [-0.2, 0) is 0 Å². The van der Waals surface area contributed by atoms with E-state index in [1.165, 1.54) is 6.42 Å². The van der Waals surface area contributed by atoms with Crippen molar-refractivity contribution in [1.82, 2.24) is 4.90 Å². The van der Waals surface area contributed by atoms with Crippen LogP contribution in [0, 0.1) is 5.92 Å². The van der Waals surface area contributed by atoms with Crippen molar-refractivity contribution < 1.29 is 4.39 Å². The molecular weight excluding hydrogens is 153 g/mol. The van der Waals surface area contributed by atoms with E-state index in [1.54, 1.807) is 6.92 Å². The molecule has 0 saturated carbocycles. The van der Waals surface area contributed by atoms with Crippen LogP contribution in [0.3, 0.4) is 0 Å². The smallest absolute Gasteiger partial charge is 0.0985 e. The molecule has 0 aliphatic carbocycles. The standard InChI is InChI=1S/C10H20FN/c1-8-4-6-12(10(8)3)7-5-9(2)11/h8-10H,4-7H2,1-3H3. The number of hydrogen-bond donors (Lipinski definition) is 0. The second-order valence-electron chi connectivity index (χ2n) is 4.11. The summed E-state index contributed by atoms with van der Waals surface area (Å²) in [5.41, 5.74) is 0. The summed E-state index contributed by atoms with van der Waals surface area (Å²) < 4.78 is 12.6. The lowest BCUT2D eigenvalue weighted by atomic mass is 10.1. The third kappa shape index (κ3) is 2.44. The van der Waals surface area contributed by atoms with Crippen molar-refractivity contribution in [3.63, 3.8) is 0 Å². The Kier molecular flexibility index (Phi) is 3.51. The van der Waals surface area contributed by atoms with Gasteiger partial charge in [0.05, 0.1) is 6.17 Å². The van der Waals surface area contributed by atoms with Gasteiger partial charge in [0.1, 0.15) is 0 Å². The van der Waals surface area contributed by atoms with Crippen LogP contribution in [0.5, 0.6) is 0 Å². The van der Waals surface area contributed by atoms with Crippen LogP contribution in [0.4, 0.5) is 4.39 Å². The molecule has 0 aromatic rings. The predicted molar refractivity (Wildman–Crippen MR) is 50.0 cm³/mol. The highest BCUT2D eigenvalue weighted by Gasteiger charge is 2.26. The first-order chi connectivity index (χ1) is 5.61. The average molecular weight is 173 g/mol. The van der Waals surface area contributed by atoms with Crippen molar-refractivity contribution in [2.45, 2.75) is 45.8 Å². The monoisotopic (exact) mass is 173 g/mol. The first-order valence-electron chi connectivity index (χ1n) is 4.99. The second-order valence-corrected chi connectivity index (χ2v) is 4.11. The lowest BCUT2D eigenvalue weighted by molar-refractivity contribution is 0.214. The molecule has 0 spiro atoms. The van der Waals surface area contributed by atoms with Gasteiger partial charge in [0.2, 0.25) is 0 Å². The lowest BCUT2D eigenvalue weighted by Gasteiger charge is -2.23. The summed E-state index contributed by atoms with van der Waals surface area (Å²) in [6.07, 6.45) is 1.33. The van der Waals surface area contributed by atoms with Crippen molar-refractivity contribution in [3.8, 4) is 0 Å². The number of rotatable bonds is 3. The first-order valence-corrected chi connectivity index (χ1v) is 4.99. The van der Waals surface area contributed by atoms with Crippen LogP contribution in [0.15, 0.2) is 0 Å². The van der Waals surface area contributed by atoms with Gasteiger partial charge in [-0.3, -0.25) is 0 Å². The Morgan fingerprint density at radius 3 is 2.58 bits per heavy atom. The SMILES string of the molecule is CC(F)CCN1CCC(C)C1C. The van der Waals surface area contributed by atoms with Gasteiger partial charge in [-0.1, -0.05) is 6.92 Å². The van der Waals surface area contributed by atoms with Gasteiger partial charge < -0.3 is 4.90 Å². The van der Waals surface area contributed by atoms with Crippen LogP contribution in [-0.4, -0.2) is 30.2 Å². The highest BCUT2D eigenvalue weighted by molar-refractivity contribution is 4.81. The summed E-state index contributed by atoms with van der Waals surface area (Å²) in [5, 5.41) is 0. The number of alkyl halides is 1. The van der Waals surface area contributed by atoms with Crippen LogP contribution in [0.1, 0.15) is 33.6 Å². The van der Waals surface area contributed by atoms with E-state index in [1.807, 2.05) is 0 Å². The highest BCUT2D eigenvalue weighted by atomic mass is 19.1. The quantitative estimate of drug-likeness (QED) is 0.633. The molecule has 3 unspecified atom stereocenters. The van der Waals surface area contributed by atoms with E-state index >= 15 is 0 Å². The summed E-state index contributed by atoms with van der Waals surface area (Å²) in [4.78, 5) is 2.40. The normalized spacial score (nSPS) is 34.0. The maximum atomic E-state index is 12.6. The third-order valence-electron chi connectivity index (χ3n) is 3.09. The third-order valence-corrected chi connectivity index (χ3v) is 3.09. The molecule has 0 aromatic carbocycles. The molecule has 1 rings (SSSR count). The minimum absolute atomic E-state index is 0.645. The summed E-state index contributed by atoms with van der Waals surface area (Å²) >= 11 is 0. The lowest BCUT2D eigenvalue weighted by Crippen LogP contribution is -2.31. The predicted octanol–water partition coefficient (Wildman–Crippen LogP) is 2.46. The molecule has 1 heterocycles. The van der Waals surface area contributed by atoms with E-state index in [0.717, 1.165) is 19.0 Å². The van der Waals surface area contributed by atoms with Crippen molar-refractivity contribution in [3.05, 3.63) is 0 Å². The minimum atomic E-state index is -0.645. The zero-order valence-corrected chi connectivity index (χ0v) is 8.39. The summed E-state index contributed by atoms with van der Waals surface area (Å²) in [5.74, 6) is 0.792. The molecule has 1 aliphatic heterocycles. The minimum Gasteiger partial charge on any atom is -0.300 e. The zero-order chi connectivity index (χ0) is 9.14. The molecular formula is C10H20FN. The van der Waals surface area contributed by atoms with E-state index in [2.05, 4.69) is 18.7 Å². The van der Waals surface area contributed by atoms with E-state index in [9.17, 15) is 4.39 Å². The molecule has 72 valence electrons. The van der Waals surface area contributed by atoms with E-state index in [0.29, 0.717) is 12.5 Å². The molecule has 0 amide bonds. The summed E-state index contributed by atoms with van der Waals surface area (Å²) in [6, 6.07) is 0.656. The first kappa shape index (κ1) is 9.97. The Hall–Kier alpha value is -0.110. The fourth-order valence-electron chi connectivity index (χ4n) is 1.83. The van der Waals surface area contributed by atoms with Crippen molar-refractivity contribution in [2.24, 2.45) is 5.92 Å². The maximum Gasteiger partial charge on any atom is 0.0985 e. The Balaban J connectivity index is 2.24. The molecule has 1 saturated heterocycles. The highest BCUT2D eigenvalue weighted by Crippen LogP contribution is 2.23. The molecule has 12 heavy (non-hydrogen) atoms. The van der Waals surface area contributed by atoms with Gasteiger partial charge in [-0.2, -0.15) is 0 Å². The van der Waals surface area contributed by atoms with Crippen LogP contribution < -0.4 is 0 Å². The second kappa shape index (κ2) is 4.22. The zero-order valence-electron chi connectivity index (χ0n) is 8.39. The van der Waals surface area contributed by atoms with Gasteiger partial charge in [0.15, 0.2) is 0 Å².